The average Bonchev–Trinajstić information content (AvgIpc) is 3.83. The van der Waals surface area contributed by atoms with E-state index in [9.17, 15) is 19.6 Å². The average molecular weight is 647 g/mol. The van der Waals surface area contributed by atoms with E-state index in [4.69, 9.17) is 4.74 Å². The third kappa shape index (κ3) is 5.92. The van der Waals surface area contributed by atoms with E-state index >= 15 is 0 Å². The Morgan fingerprint density at radius 3 is 2.77 bits per heavy atom. The number of amides is 4. The number of ether oxygens (including phenoxy) is 1. The van der Waals surface area contributed by atoms with Crippen molar-refractivity contribution in [2.75, 3.05) is 23.3 Å². The minimum absolute atomic E-state index is 0.179. The Kier molecular flexibility index (Phi) is 8.12. The SMILES string of the molecule is CCc1ccccc1Oc1ccc(N2C(=O)Nc3c(C(=O)N[C@@H]4CCCN(C(=O)/C(C#N)=C/C5CC5)C4)sc4nccc2c34)c(C)c1. The van der Waals surface area contributed by atoms with Gasteiger partial charge in [-0.2, -0.15) is 5.26 Å². The highest BCUT2D eigenvalue weighted by Crippen LogP contribution is 2.46. The molecule has 2 N–H and O–H groups in total. The molecule has 0 bridgehead atoms. The first-order chi connectivity index (χ1) is 22.8. The van der Waals surface area contributed by atoms with Gasteiger partial charge in [0.1, 0.15) is 32.8 Å². The minimum Gasteiger partial charge on any atom is -0.457 e. The van der Waals surface area contributed by atoms with Gasteiger partial charge in [0.05, 0.1) is 22.4 Å². The van der Waals surface area contributed by atoms with Crippen molar-refractivity contribution in [3.8, 4) is 17.6 Å². The molecule has 1 saturated heterocycles. The molecule has 2 aliphatic heterocycles. The number of hydrogen-bond donors (Lipinski definition) is 2. The molecule has 2 fully saturated rings. The predicted octanol–water partition coefficient (Wildman–Crippen LogP) is 7.22. The van der Waals surface area contributed by atoms with Crippen LogP contribution in [-0.4, -0.2) is 46.9 Å². The Morgan fingerprint density at radius 1 is 1.17 bits per heavy atom. The number of benzene rings is 2. The number of allylic oxidation sites excluding steroid dienone is 1. The van der Waals surface area contributed by atoms with Gasteiger partial charge < -0.3 is 20.3 Å². The lowest BCUT2D eigenvalue weighted by Crippen LogP contribution is -2.50. The first kappa shape index (κ1) is 30.4. The number of urea groups is 1. The summed E-state index contributed by atoms with van der Waals surface area (Å²) in [6, 6.07) is 16.7. The highest BCUT2D eigenvalue weighted by atomic mass is 32.1. The fourth-order valence-electron chi connectivity index (χ4n) is 6.30. The molecule has 0 unspecified atom stereocenters. The second-order valence-electron chi connectivity index (χ2n) is 12.2. The van der Waals surface area contributed by atoms with Crippen molar-refractivity contribution in [3.63, 3.8) is 0 Å². The summed E-state index contributed by atoms with van der Waals surface area (Å²) in [7, 11) is 0. The van der Waals surface area contributed by atoms with E-state index in [1.54, 1.807) is 28.1 Å². The Labute approximate surface area is 276 Å². The van der Waals surface area contributed by atoms with Gasteiger partial charge in [0, 0.05) is 25.3 Å². The number of aromatic nitrogens is 1. The zero-order valence-corrected chi connectivity index (χ0v) is 27.0. The van der Waals surface area contributed by atoms with Crippen LogP contribution >= 0.6 is 11.3 Å². The third-order valence-corrected chi connectivity index (χ3v) is 9.96. The molecule has 7 rings (SSSR count). The van der Waals surface area contributed by atoms with Crippen LogP contribution in [0.1, 0.15) is 53.4 Å². The van der Waals surface area contributed by atoms with Crippen LogP contribution in [0.3, 0.4) is 0 Å². The topological polar surface area (TPSA) is 128 Å². The number of para-hydroxylation sites is 1. The Balaban J connectivity index is 1.12. The van der Waals surface area contributed by atoms with Gasteiger partial charge in [-0.25, -0.2) is 9.78 Å². The zero-order chi connectivity index (χ0) is 32.7. The Morgan fingerprint density at radius 2 is 2.00 bits per heavy atom. The number of likely N-dealkylation sites (tertiary alicyclic amines) is 1. The number of thiophene rings is 1. The van der Waals surface area contributed by atoms with Crippen molar-refractivity contribution in [3.05, 3.63) is 82.4 Å². The number of nitrogens with one attached hydrogen (secondary N) is 2. The van der Waals surface area contributed by atoms with Gasteiger partial charge in [0.2, 0.25) is 0 Å². The molecule has 4 heterocycles. The van der Waals surface area contributed by atoms with Crippen molar-refractivity contribution in [2.24, 2.45) is 5.92 Å². The monoisotopic (exact) mass is 646 g/mol. The Bertz CT molecular complexity index is 1990. The van der Waals surface area contributed by atoms with Crippen LogP contribution in [-0.2, 0) is 11.2 Å². The number of nitrogens with zero attached hydrogens (tertiary/aromatic N) is 4. The largest absolute Gasteiger partial charge is 0.457 e. The molecule has 2 aromatic heterocycles. The molecule has 47 heavy (non-hydrogen) atoms. The molecule has 1 aliphatic carbocycles. The van der Waals surface area contributed by atoms with Gasteiger partial charge in [-0.05, 0) is 86.4 Å². The second kappa shape index (κ2) is 12.5. The van der Waals surface area contributed by atoms with Gasteiger partial charge in [0.25, 0.3) is 11.8 Å². The van der Waals surface area contributed by atoms with Crippen molar-refractivity contribution in [2.45, 2.75) is 52.0 Å². The van der Waals surface area contributed by atoms with E-state index in [1.807, 2.05) is 49.4 Å². The summed E-state index contributed by atoms with van der Waals surface area (Å²) in [6.45, 7) is 4.88. The quantitative estimate of drug-likeness (QED) is 0.154. The molecular formula is C36H34N6O4S. The van der Waals surface area contributed by atoms with E-state index in [2.05, 4.69) is 28.6 Å². The molecule has 10 nitrogen and oxygen atoms in total. The molecule has 1 saturated carbocycles. The number of carbonyl (C=O) groups excluding carboxylic acids is 3. The van der Waals surface area contributed by atoms with Crippen LogP contribution in [0.25, 0.3) is 10.2 Å². The van der Waals surface area contributed by atoms with E-state index in [-0.39, 0.29) is 29.5 Å². The molecule has 0 radical (unpaired) electrons. The van der Waals surface area contributed by atoms with Crippen LogP contribution in [0.2, 0.25) is 0 Å². The maximum atomic E-state index is 13.7. The number of carbonyl (C=O) groups is 3. The van der Waals surface area contributed by atoms with Crippen LogP contribution in [0, 0.1) is 24.2 Å². The molecular weight excluding hydrogens is 613 g/mol. The van der Waals surface area contributed by atoms with Gasteiger partial charge in [-0.3, -0.25) is 14.5 Å². The van der Waals surface area contributed by atoms with Crippen LogP contribution in [0.15, 0.2) is 66.4 Å². The standard InChI is InChI=1S/C36H34N6O4S/c1-3-23-7-4-5-9-29(23)46-26-12-13-27(21(2)17-26)42-28-14-15-38-34-30(28)31(40-36(42)45)32(47-34)33(43)39-25-8-6-16-41(20-25)35(44)24(19-37)18-22-10-11-22/h4-5,7,9,12-15,17-18,22,25H,3,6,8,10-11,16,20H2,1-2H3,(H,39,43)(H,40,45)/b24-18+/t25-/m1/s1. The van der Waals surface area contributed by atoms with Crippen molar-refractivity contribution in [1.82, 2.24) is 15.2 Å². The lowest BCUT2D eigenvalue weighted by molar-refractivity contribution is -0.128. The summed E-state index contributed by atoms with van der Waals surface area (Å²) in [5.74, 6) is 1.17. The predicted molar refractivity (Wildman–Crippen MR) is 181 cm³/mol. The summed E-state index contributed by atoms with van der Waals surface area (Å²) in [5, 5.41) is 16.3. The van der Waals surface area contributed by atoms with E-state index in [0.717, 1.165) is 36.1 Å². The van der Waals surface area contributed by atoms with Crippen molar-refractivity contribution >= 4 is 56.5 Å². The van der Waals surface area contributed by atoms with Gasteiger partial charge in [-0.15, -0.1) is 11.3 Å². The molecule has 1 atom stereocenters. The molecule has 4 aromatic rings. The fraction of sp³-hybridized carbons (Fsp3) is 0.306. The van der Waals surface area contributed by atoms with Gasteiger partial charge in [-0.1, -0.05) is 31.2 Å². The van der Waals surface area contributed by atoms with Crippen LogP contribution in [0.4, 0.5) is 21.9 Å². The zero-order valence-electron chi connectivity index (χ0n) is 26.2. The summed E-state index contributed by atoms with van der Waals surface area (Å²) in [6.07, 6.45) is 7.71. The summed E-state index contributed by atoms with van der Waals surface area (Å²) in [4.78, 5) is 49.2. The maximum absolute atomic E-state index is 13.7. The fourth-order valence-corrected chi connectivity index (χ4v) is 7.33. The first-order valence-electron chi connectivity index (χ1n) is 16.0. The molecule has 3 aliphatic rings. The van der Waals surface area contributed by atoms with Gasteiger partial charge in [0.15, 0.2) is 0 Å². The number of anilines is 3. The number of aryl methyl sites for hydroxylation is 2. The molecule has 4 amide bonds. The smallest absolute Gasteiger partial charge is 0.331 e. The summed E-state index contributed by atoms with van der Waals surface area (Å²) < 4.78 is 6.20. The lowest BCUT2D eigenvalue weighted by atomic mass is 10.0. The highest BCUT2D eigenvalue weighted by Gasteiger charge is 2.35. The maximum Gasteiger partial charge on any atom is 0.331 e. The molecule has 11 heteroatoms. The third-order valence-electron chi connectivity index (χ3n) is 8.86. The number of pyridine rings is 1. The molecule has 2 aromatic carbocycles. The minimum atomic E-state index is -0.383. The molecule has 0 spiro atoms. The Hall–Kier alpha value is -5.21. The summed E-state index contributed by atoms with van der Waals surface area (Å²) >= 11 is 1.22. The van der Waals surface area contributed by atoms with Crippen LogP contribution in [0.5, 0.6) is 11.5 Å². The molecule has 238 valence electrons. The number of rotatable bonds is 8. The first-order valence-corrected chi connectivity index (χ1v) is 16.8. The normalized spacial score (nSPS) is 17.7. The van der Waals surface area contributed by atoms with E-state index in [1.165, 1.54) is 11.3 Å². The van der Waals surface area contributed by atoms with Gasteiger partial charge >= 0.3 is 6.03 Å². The van der Waals surface area contributed by atoms with E-state index < -0.39 is 0 Å². The lowest BCUT2D eigenvalue weighted by Gasteiger charge is -2.33. The number of piperidine rings is 1. The van der Waals surface area contributed by atoms with Crippen molar-refractivity contribution in [1.29, 1.82) is 5.26 Å². The van der Waals surface area contributed by atoms with Crippen molar-refractivity contribution < 1.29 is 19.1 Å². The number of nitriles is 1. The van der Waals surface area contributed by atoms with E-state index in [0.29, 0.717) is 69.8 Å². The highest BCUT2D eigenvalue weighted by molar-refractivity contribution is 7.21. The van der Waals surface area contributed by atoms with Crippen LogP contribution < -0.4 is 20.3 Å². The number of hydrogen-bond acceptors (Lipinski definition) is 7. The summed E-state index contributed by atoms with van der Waals surface area (Å²) in [5.41, 5.74) is 3.89. The second-order valence-corrected chi connectivity index (χ2v) is 13.2.